The van der Waals surface area contributed by atoms with Crippen molar-refractivity contribution in [2.24, 2.45) is 5.16 Å². The summed E-state index contributed by atoms with van der Waals surface area (Å²) in [5, 5.41) is 7.62. The van der Waals surface area contributed by atoms with E-state index < -0.39 is 55.7 Å². The number of nitrogens with zero attached hydrogens (tertiary/aromatic N) is 2. The Morgan fingerprint density at radius 3 is 2.28 bits per heavy atom. The Labute approximate surface area is 219 Å². The molecular weight excluding hydrogens is 575 g/mol. The van der Waals surface area contributed by atoms with Gasteiger partial charge in [0.15, 0.2) is 6.10 Å². The summed E-state index contributed by atoms with van der Waals surface area (Å²) in [5.41, 5.74) is 0.353. The predicted molar refractivity (Wildman–Crippen MR) is 119 cm³/mol. The number of nitrogens with one attached hydrogen (secondary N) is 2. The maximum atomic E-state index is 13.0. The van der Waals surface area contributed by atoms with Gasteiger partial charge in [0, 0.05) is 17.0 Å². The topological polar surface area (TPSA) is 92.7 Å². The molecule has 0 saturated heterocycles. The van der Waals surface area contributed by atoms with Gasteiger partial charge in [-0.25, -0.2) is 4.98 Å². The fourth-order valence-electron chi connectivity index (χ4n) is 3.15. The van der Waals surface area contributed by atoms with Crippen molar-refractivity contribution >= 4 is 29.1 Å². The first-order chi connectivity index (χ1) is 18.0. The van der Waals surface area contributed by atoms with Crippen molar-refractivity contribution in [2.45, 2.75) is 38.5 Å². The molecule has 214 valence electrons. The molecule has 0 radical (unpaired) electrons. The van der Waals surface area contributed by atoms with Crippen molar-refractivity contribution in [3.05, 3.63) is 63.4 Å². The zero-order valence-electron chi connectivity index (χ0n) is 19.6. The number of aryl methyl sites for hydroxylation is 1. The van der Waals surface area contributed by atoms with Crippen LogP contribution < -0.4 is 10.6 Å². The van der Waals surface area contributed by atoms with Crippen molar-refractivity contribution in [1.29, 1.82) is 0 Å². The van der Waals surface area contributed by atoms with Gasteiger partial charge >= 0.3 is 19.0 Å². The minimum absolute atomic E-state index is 0.0416. The molecule has 1 aliphatic rings. The normalized spacial score (nSPS) is 15.2. The van der Waals surface area contributed by atoms with Gasteiger partial charge in [-0.3, -0.25) is 9.59 Å². The zero-order valence-corrected chi connectivity index (χ0v) is 20.3. The molecule has 0 fully saturated rings. The molecule has 0 spiro atoms. The third-order valence-corrected chi connectivity index (χ3v) is 5.02. The van der Waals surface area contributed by atoms with Crippen LogP contribution in [0.1, 0.15) is 45.4 Å². The highest BCUT2D eigenvalue weighted by Gasteiger charge is 2.35. The number of hydrogen-bond donors (Lipinski definition) is 2. The largest absolute Gasteiger partial charge is 0.433 e. The number of carbonyl (C=O) groups is 2. The Morgan fingerprint density at radius 1 is 1.08 bits per heavy atom. The highest BCUT2D eigenvalue weighted by molar-refractivity contribution is 6.30. The molecule has 1 aromatic carbocycles. The lowest BCUT2D eigenvalue weighted by Gasteiger charge is -2.12. The lowest BCUT2D eigenvalue weighted by molar-refractivity contribution is -0.141. The molecule has 1 unspecified atom stereocenters. The Bertz CT molecular complexity index is 1220. The molecule has 0 aliphatic carbocycles. The summed E-state index contributed by atoms with van der Waals surface area (Å²) in [4.78, 5) is 32.6. The first kappa shape index (κ1) is 31.7. The van der Waals surface area contributed by atoms with Crippen molar-refractivity contribution in [1.82, 2.24) is 15.6 Å². The summed E-state index contributed by atoms with van der Waals surface area (Å²) >= 11 is 5.79. The van der Waals surface area contributed by atoms with E-state index in [-0.39, 0.29) is 22.7 Å². The molecule has 0 bridgehead atoms. The van der Waals surface area contributed by atoms with Crippen molar-refractivity contribution in [2.75, 3.05) is 13.1 Å². The second-order valence-corrected chi connectivity index (χ2v) is 8.22. The Morgan fingerprint density at radius 2 is 1.72 bits per heavy atom. The second kappa shape index (κ2) is 13.0. The van der Waals surface area contributed by atoms with Crippen molar-refractivity contribution in [3.8, 4) is 0 Å². The number of carbonyl (C=O) groups excluding carboxylic acids is 2. The molecule has 1 aliphatic heterocycles. The van der Waals surface area contributed by atoms with Gasteiger partial charge in [-0.1, -0.05) is 22.8 Å². The SMILES string of the molecule is Cc1cc(C2=NOC(c3cc(Cl)cc(C(F)(F)F)n3)C2)ccc1C(=O)NCC(=O)NCC(F)(F)F.FC(F)F. The van der Waals surface area contributed by atoms with E-state index in [1.807, 2.05) is 0 Å². The van der Waals surface area contributed by atoms with Gasteiger partial charge in [0.1, 0.15) is 12.2 Å². The molecule has 2 aromatic rings. The van der Waals surface area contributed by atoms with Gasteiger partial charge in [0.2, 0.25) is 5.91 Å². The third-order valence-electron chi connectivity index (χ3n) is 4.80. The van der Waals surface area contributed by atoms with Gasteiger partial charge in [0.05, 0.1) is 18.0 Å². The first-order valence-electron chi connectivity index (χ1n) is 10.6. The molecule has 0 saturated carbocycles. The molecule has 1 aromatic heterocycles. The Balaban J connectivity index is 0.00000124. The van der Waals surface area contributed by atoms with E-state index >= 15 is 0 Å². The number of hydrogen-bond acceptors (Lipinski definition) is 5. The van der Waals surface area contributed by atoms with Crippen molar-refractivity contribution < 1.29 is 53.9 Å². The van der Waals surface area contributed by atoms with Crippen LogP contribution in [0.15, 0.2) is 35.5 Å². The summed E-state index contributed by atoms with van der Waals surface area (Å²) in [5.74, 6) is -1.68. The van der Waals surface area contributed by atoms with Gasteiger partial charge in [-0.2, -0.15) is 39.5 Å². The zero-order chi connectivity index (χ0) is 29.5. The minimum atomic E-state index is -4.69. The fraction of sp³-hybridized carbons (Fsp3) is 0.364. The number of amides is 2. The van der Waals surface area contributed by atoms with Crippen LogP contribution in [0.5, 0.6) is 0 Å². The van der Waals surface area contributed by atoms with E-state index in [9.17, 15) is 49.1 Å². The quantitative estimate of drug-likeness (QED) is 0.433. The third kappa shape index (κ3) is 10.3. The highest BCUT2D eigenvalue weighted by atomic mass is 35.5. The monoisotopic (exact) mass is 592 g/mol. The van der Waals surface area contributed by atoms with Crippen LogP contribution in [-0.4, -0.2) is 48.5 Å². The number of oxime groups is 1. The minimum Gasteiger partial charge on any atom is -0.385 e. The summed E-state index contributed by atoms with van der Waals surface area (Å²) in [7, 11) is 0. The Kier molecular flexibility index (Phi) is 10.5. The smallest absolute Gasteiger partial charge is 0.385 e. The molecule has 7 nitrogen and oxygen atoms in total. The summed E-state index contributed by atoms with van der Waals surface area (Å²) < 4.78 is 104. The number of benzene rings is 1. The number of halogens is 10. The van der Waals surface area contributed by atoms with E-state index in [0.717, 1.165) is 0 Å². The Hall–Kier alpha value is -3.56. The highest BCUT2D eigenvalue weighted by Crippen LogP contribution is 2.34. The van der Waals surface area contributed by atoms with Gasteiger partial charge in [0.25, 0.3) is 5.91 Å². The van der Waals surface area contributed by atoms with Crippen LogP contribution in [0.2, 0.25) is 5.02 Å². The number of pyridine rings is 1. The van der Waals surface area contributed by atoms with Crippen molar-refractivity contribution in [3.63, 3.8) is 0 Å². The molecule has 3 rings (SSSR count). The van der Waals surface area contributed by atoms with E-state index in [0.29, 0.717) is 22.9 Å². The van der Waals surface area contributed by atoms with Crippen LogP contribution in [0.4, 0.5) is 39.5 Å². The molecule has 17 heteroatoms. The number of alkyl halides is 9. The lowest BCUT2D eigenvalue weighted by atomic mass is 9.98. The molecular formula is C22H18ClF9N4O3. The maximum Gasteiger partial charge on any atom is 0.433 e. The van der Waals surface area contributed by atoms with Gasteiger partial charge in [-0.05, 0) is 42.3 Å². The fourth-order valence-corrected chi connectivity index (χ4v) is 3.36. The summed E-state index contributed by atoms with van der Waals surface area (Å²) in [6, 6.07) is 6.47. The molecule has 1 atom stereocenters. The molecule has 2 N–H and O–H groups in total. The average Bonchev–Trinajstić information content (AvgIpc) is 3.30. The lowest BCUT2D eigenvalue weighted by Crippen LogP contribution is -2.41. The average molecular weight is 593 g/mol. The number of aromatic nitrogens is 1. The van der Waals surface area contributed by atoms with Gasteiger partial charge in [-0.15, -0.1) is 0 Å². The number of rotatable bonds is 6. The molecule has 39 heavy (non-hydrogen) atoms. The van der Waals surface area contributed by atoms with E-state index in [1.165, 1.54) is 18.2 Å². The van der Waals surface area contributed by atoms with E-state index in [2.05, 4.69) is 15.5 Å². The van der Waals surface area contributed by atoms with E-state index in [1.54, 1.807) is 18.3 Å². The summed E-state index contributed by atoms with van der Waals surface area (Å²) in [6.07, 6.45) is -10.1. The van der Waals surface area contributed by atoms with Crippen LogP contribution in [-0.2, 0) is 15.8 Å². The molecule has 2 amide bonds. The first-order valence-corrected chi connectivity index (χ1v) is 11.0. The second-order valence-electron chi connectivity index (χ2n) is 7.78. The van der Waals surface area contributed by atoms with Crippen LogP contribution >= 0.6 is 11.6 Å². The van der Waals surface area contributed by atoms with Gasteiger partial charge < -0.3 is 15.5 Å². The predicted octanol–water partition coefficient (Wildman–Crippen LogP) is 5.51. The van der Waals surface area contributed by atoms with Crippen LogP contribution in [0, 0.1) is 6.92 Å². The van der Waals surface area contributed by atoms with E-state index in [4.69, 9.17) is 16.4 Å². The molecule has 2 heterocycles. The summed E-state index contributed by atoms with van der Waals surface area (Å²) in [6.45, 7) is -4.24. The van der Waals surface area contributed by atoms with Crippen LogP contribution in [0.25, 0.3) is 0 Å². The standard InChI is InChI=1S/C21H17ClF6N4O3.CHF3/c1-10-4-11(2-3-13(10)19(34)29-8-18(33)30-9-20(23,24)25)14-7-16(35-32-14)15-5-12(22)6-17(31-15)21(26,27)28;2-1(3)4/h2-6,16H,7-9H2,1H3,(H,29,34)(H,30,33);1H. The maximum absolute atomic E-state index is 13.0. The van der Waals surface area contributed by atoms with Crippen LogP contribution in [0.3, 0.4) is 0 Å².